The van der Waals surface area contributed by atoms with Crippen LogP contribution in [-0.4, -0.2) is 11.8 Å². The van der Waals surface area contributed by atoms with Gasteiger partial charge in [-0.15, -0.1) is 0 Å². The van der Waals surface area contributed by atoms with Crippen molar-refractivity contribution < 1.29 is 9.59 Å². The molecule has 1 aromatic heterocycles. The predicted molar refractivity (Wildman–Crippen MR) is 101 cm³/mol. The Balaban J connectivity index is 1.68. The van der Waals surface area contributed by atoms with E-state index in [2.05, 4.69) is 10.6 Å². The summed E-state index contributed by atoms with van der Waals surface area (Å²) in [6.07, 6.45) is 0. The summed E-state index contributed by atoms with van der Waals surface area (Å²) in [6.45, 7) is 1.92. The van der Waals surface area contributed by atoms with E-state index < -0.39 is 0 Å². The molecule has 0 fully saturated rings. The lowest BCUT2D eigenvalue weighted by Crippen LogP contribution is -2.26. The molecule has 0 aliphatic carbocycles. The van der Waals surface area contributed by atoms with E-state index in [4.69, 9.17) is 0 Å². The highest BCUT2D eigenvalue weighted by Crippen LogP contribution is 2.19. The normalized spacial score (nSPS) is 11.6. The van der Waals surface area contributed by atoms with Crippen LogP contribution in [0.2, 0.25) is 0 Å². The summed E-state index contributed by atoms with van der Waals surface area (Å²) in [7, 11) is 0. The summed E-state index contributed by atoms with van der Waals surface area (Å²) in [4.78, 5) is 24.4. The molecule has 1 atom stereocenters. The molecule has 1 heterocycles. The monoisotopic (exact) mass is 350 g/mol. The number of carbonyl (C=O) groups excluding carboxylic acids is 2. The summed E-state index contributed by atoms with van der Waals surface area (Å²) in [6, 6.07) is 18.2. The molecule has 0 aliphatic heterocycles. The van der Waals surface area contributed by atoms with Crippen LogP contribution in [0.25, 0.3) is 0 Å². The second-order valence-corrected chi connectivity index (χ2v) is 6.43. The molecule has 3 rings (SSSR count). The number of thiophene rings is 1. The van der Waals surface area contributed by atoms with E-state index in [1.54, 1.807) is 18.2 Å². The average molecular weight is 350 g/mol. The minimum atomic E-state index is -0.166. The molecule has 126 valence electrons. The molecule has 4 nitrogen and oxygen atoms in total. The predicted octanol–water partition coefficient (Wildman–Crippen LogP) is 4.49. The fourth-order valence-electron chi connectivity index (χ4n) is 2.44. The van der Waals surface area contributed by atoms with Gasteiger partial charge in [-0.25, -0.2) is 0 Å². The lowest BCUT2D eigenvalue weighted by molar-refractivity contribution is 0.0939. The third-order valence-corrected chi connectivity index (χ3v) is 4.49. The van der Waals surface area contributed by atoms with E-state index in [0.29, 0.717) is 16.8 Å². The zero-order chi connectivity index (χ0) is 17.6. The Morgan fingerprint density at radius 3 is 2.44 bits per heavy atom. The van der Waals surface area contributed by atoms with E-state index in [0.717, 1.165) is 5.56 Å². The van der Waals surface area contributed by atoms with Crippen LogP contribution in [0.1, 0.15) is 39.2 Å². The molecule has 2 N–H and O–H groups in total. The van der Waals surface area contributed by atoms with Crippen LogP contribution in [-0.2, 0) is 0 Å². The first-order valence-electron chi connectivity index (χ1n) is 7.93. The maximum atomic E-state index is 12.2. The van der Waals surface area contributed by atoms with Gasteiger partial charge in [0.25, 0.3) is 11.8 Å². The lowest BCUT2D eigenvalue weighted by Gasteiger charge is -2.15. The number of rotatable bonds is 5. The first-order chi connectivity index (χ1) is 12.1. The molecule has 1 unspecified atom stereocenters. The molecular weight excluding hydrogens is 332 g/mol. The number of carbonyl (C=O) groups is 2. The fourth-order valence-corrected chi connectivity index (χ4v) is 3.07. The van der Waals surface area contributed by atoms with Crippen molar-refractivity contribution in [2.24, 2.45) is 0 Å². The fraction of sp³-hybridized carbons (Fsp3) is 0.100. The van der Waals surface area contributed by atoms with Gasteiger partial charge in [0.1, 0.15) is 0 Å². The van der Waals surface area contributed by atoms with Crippen LogP contribution in [0.5, 0.6) is 0 Å². The zero-order valence-corrected chi connectivity index (χ0v) is 14.5. The van der Waals surface area contributed by atoms with Gasteiger partial charge < -0.3 is 10.6 Å². The summed E-state index contributed by atoms with van der Waals surface area (Å²) in [5, 5.41) is 9.54. The van der Waals surface area contributed by atoms with Crippen LogP contribution < -0.4 is 10.6 Å². The number of nitrogens with one attached hydrogen (secondary N) is 2. The second-order valence-electron chi connectivity index (χ2n) is 5.65. The summed E-state index contributed by atoms with van der Waals surface area (Å²) in [5.41, 5.74) is 2.88. The highest BCUT2D eigenvalue weighted by Gasteiger charge is 2.13. The van der Waals surface area contributed by atoms with Gasteiger partial charge in [0.2, 0.25) is 0 Å². The number of benzene rings is 2. The maximum absolute atomic E-state index is 12.2. The van der Waals surface area contributed by atoms with Gasteiger partial charge in [-0.3, -0.25) is 9.59 Å². The molecule has 0 bridgehead atoms. The highest BCUT2D eigenvalue weighted by atomic mass is 32.1. The van der Waals surface area contributed by atoms with Crippen molar-refractivity contribution in [3.63, 3.8) is 0 Å². The van der Waals surface area contributed by atoms with Crippen molar-refractivity contribution in [2.75, 3.05) is 5.32 Å². The van der Waals surface area contributed by atoms with Crippen LogP contribution in [0.4, 0.5) is 5.69 Å². The summed E-state index contributed by atoms with van der Waals surface area (Å²) < 4.78 is 0. The zero-order valence-electron chi connectivity index (χ0n) is 13.7. The smallest absolute Gasteiger partial charge is 0.255 e. The summed E-state index contributed by atoms with van der Waals surface area (Å²) >= 11 is 1.49. The molecule has 0 saturated carbocycles. The molecule has 25 heavy (non-hydrogen) atoms. The Labute approximate surface area is 150 Å². The maximum Gasteiger partial charge on any atom is 0.255 e. The van der Waals surface area contributed by atoms with E-state index in [9.17, 15) is 9.59 Å². The van der Waals surface area contributed by atoms with Crippen molar-refractivity contribution in [3.8, 4) is 0 Å². The van der Waals surface area contributed by atoms with Gasteiger partial charge in [0.15, 0.2) is 0 Å². The lowest BCUT2D eigenvalue weighted by atomic mass is 10.1. The van der Waals surface area contributed by atoms with Gasteiger partial charge in [-0.1, -0.05) is 30.3 Å². The molecule has 3 aromatic rings. The van der Waals surface area contributed by atoms with Crippen LogP contribution in [0, 0.1) is 0 Å². The third-order valence-electron chi connectivity index (χ3n) is 3.81. The minimum Gasteiger partial charge on any atom is -0.345 e. The summed E-state index contributed by atoms with van der Waals surface area (Å²) in [5.74, 6) is -0.264. The number of hydrogen-bond donors (Lipinski definition) is 2. The molecule has 0 spiro atoms. The number of hydrogen-bond acceptors (Lipinski definition) is 3. The van der Waals surface area contributed by atoms with Gasteiger partial charge in [-0.05, 0) is 48.2 Å². The van der Waals surface area contributed by atoms with E-state index >= 15 is 0 Å². The van der Waals surface area contributed by atoms with Crippen molar-refractivity contribution in [3.05, 3.63) is 88.1 Å². The van der Waals surface area contributed by atoms with Gasteiger partial charge in [-0.2, -0.15) is 11.3 Å². The Morgan fingerprint density at radius 1 is 0.920 bits per heavy atom. The van der Waals surface area contributed by atoms with Crippen molar-refractivity contribution >= 4 is 28.8 Å². The van der Waals surface area contributed by atoms with Crippen LogP contribution in [0.3, 0.4) is 0 Å². The topological polar surface area (TPSA) is 58.2 Å². The van der Waals surface area contributed by atoms with Crippen molar-refractivity contribution in [1.82, 2.24) is 5.32 Å². The first kappa shape index (κ1) is 16.9. The van der Waals surface area contributed by atoms with Crippen molar-refractivity contribution in [1.29, 1.82) is 0 Å². The van der Waals surface area contributed by atoms with E-state index in [1.165, 1.54) is 11.3 Å². The largest absolute Gasteiger partial charge is 0.345 e. The van der Waals surface area contributed by atoms with Crippen LogP contribution in [0.15, 0.2) is 71.4 Å². The van der Waals surface area contributed by atoms with Gasteiger partial charge in [0.05, 0.1) is 11.6 Å². The molecule has 0 saturated heterocycles. The van der Waals surface area contributed by atoms with Gasteiger partial charge >= 0.3 is 0 Å². The molecular formula is C20H18N2O2S. The second kappa shape index (κ2) is 7.77. The number of amides is 2. The standard InChI is InChI=1S/C20H18N2O2S/c1-14(21-20(24)17-10-11-25-13-17)16-8-5-9-18(12-16)22-19(23)15-6-3-2-4-7-15/h2-14H,1H3,(H,21,24)(H,22,23). The first-order valence-corrected chi connectivity index (χ1v) is 8.87. The molecule has 0 radical (unpaired) electrons. The Bertz CT molecular complexity index is 860. The SMILES string of the molecule is CC(NC(=O)c1ccsc1)c1cccc(NC(=O)c2ccccc2)c1. The quantitative estimate of drug-likeness (QED) is 0.712. The molecule has 2 aromatic carbocycles. The van der Waals surface area contributed by atoms with Gasteiger partial charge in [0, 0.05) is 16.6 Å². The minimum absolute atomic E-state index is 0.104. The Kier molecular flexibility index (Phi) is 5.26. The molecule has 2 amide bonds. The Morgan fingerprint density at radius 2 is 1.72 bits per heavy atom. The Hall–Kier alpha value is -2.92. The molecule has 5 heteroatoms. The average Bonchev–Trinajstić information content (AvgIpc) is 3.17. The van der Waals surface area contributed by atoms with E-state index in [1.807, 2.05) is 60.1 Å². The highest BCUT2D eigenvalue weighted by molar-refractivity contribution is 7.08. The molecule has 0 aliphatic rings. The van der Waals surface area contributed by atoms with Crippen LogP contribution >= 0.6 is 11.3 Å². The van der Waals surface area contributed by atoms with Crippen molar-refractivity contribution in [2.45, 2.75) is 13.0 Å². The van der Waals surface area contributed by atoms with E-state index in [-0.39, 0.29) is 17.9 Å². The number of anilines is 1. The third kappa shape index (κ3) is 4.33.